The maximum Gasteiger partial charge on any atom is 0.225 e. The summed E-state index contributed by atoms with van der Waals surface area (Å²) in [6, 6.07) is 0.853. The molecule has 1 aromatic rings. The molecule has 5 nitrogen and oxygen atoms in total. The van der Waals surface area contributed by atoms with E-state index in [2.05, 4.69) is 24.3 Å². The molecule has 0 bridgehead atoms. The minimum absolute atomic E-state index is 0.379. The van der Waals surface area contributed by atoms with Crippen LogP contribution in [0.2, 0.25) is 0 Å². The highest BCUT2D eigenvalue weighted by atomic mass is 15.2. The summed E-state index contributed by atoms with van der Waals surface area (Å²) >= 11 is 0. The molecule has 1 aromatic heterocycles. The van der Waals surface area contributed by atoms with Crippen LogP contribution in [0.4, 0.5) is 11.8 Å². The molecule has 1 saturated carbocycles. The molecule has 1 fully saturated rings. The van der Waals surface area contributed by atoms with Gasteiger partial charge in [0.05, 0.1) is 5.69 Å². The minimum atomic E-state index is 0.379. The molecule has 3 N–H and O–H groups in total. The second kappa shape index (κ2) is 6.18. The van der Waals surface area contributed by atoms with Crippen LogP contribution < -0.4 is 16.0 Å². The number of hydrogen-bond acceptors (Lipinski definition) is 5. The molecular formula is C16H27N5. The second-order valence-corrected chi connectivity index (χ2v) is 6.65. The van der Waals surface area contributed by atoms with Gasteiger partial charge in [0.25, 0.3) is 0 Å². The number of nitrogens with zero attached hydrogens (tertiary/aromatic N) is 3. The number of aromatic nitrogens is 2. The number of nitrogens with two attached hydrogens (primary N) is 1. The van der Waals surface area contributed by atoms with E-state index in [1.807, 2.05) is 0 Å². The number of nitrogens with one attached hydrogen (secondary N) is 1. The summed E-state index contributed by atoms with van der Waals surface area (Å²) in [7, 11) is 4.14. The lowest BCUT2D eigenvalue weighted by Crippen LogP contribution is -2.33. The van der Waals surface area contributed by atoms with Crippen molar-refractivity contribution in [2.45, 2.75) is 63.5 Å². The standard InChI is InChI=1S/C16H27N5/c1-21(2)15-13-5-3-4-6-14(13)19-16(20-15)18-12-9-7-11(17)8-10-12/h11-12H,3-10,17H2,1-2H3,(H,18,19,20)/t11-,12+. The highest BCUT2D eigenvalue weighted by molar-refractivity contribution is 5.52. The molecule has 5 heteroatoms. The smallest absolute Gasteiger partial charge is 0.225 e. The molecule has 21 heavy (non-hydrogen) atoms. The number of rotatable bonds is 3. The van der Waals surface area contributed by atoms with Gasteiger partial charge in [-0.05, 0) is 51.4 Å². The fourth-order valence-corrected chi connectivity index (χ4v) is 3.45. The molecule has 2 aliphatic carbocycles. The Morgan fingerprint density at radius 3 is 2.48 bits per heavy atom. The average Bonchev–Trinajstić information content (AvgIpc) is 2.48. The lowest BCUT2D eigenvalue weighted by atomic mass is 9.92. The predicted octanol–water partition coefficient (Wildman–Crippen LogP) is 2.10. The van der Waals surface area contributed by atoms with E-state index in [4.69, 9.17) is 15.7 Å². The molecule has 0 radical (unpaired) electrons. The first-order chi connectivity index (χ1) is 10.1. The molecule has 0 aromatic carbocycles. The Kier molecular flexibility index (Phi) is 4.29. The molecule has 3 rings (SSSR count). The van der Waals surface area contributed by atoms with Crippen LogP contribution in [0.25, 0.3) is 0 Å². The zero-order chi connectivity index (χ0) is 14.8. The van der Waals surface area contributed by atoms with Crippen molar-refractivity contribution in [2.75, 3.05) is 24.3 Å². The topological polar surface area (TPSA) is 67.1 Å². The van der Waals surface area contributed by atoms with Crippen molar-refractivity contribution in [2.24, 2.45) is 5.73 Å². The van der Waals surface area contributed by atoms with E-state index in [9.17, 15) is 0 Å². The Hall–Kier alpha value is -1.36. The van der Waals surface area contributed by atoms with Gasteiger partial charge in [0.1, 0.15) is 5.82 Å². The van der Waals surface area contributed by atoms with E-state index < -0.39 is 0 Å². The van der Waals surface area contributed by atoms with Crippen LogP contribution in [0, 0.1) is 0 Å². The fraction of sp³-hybridized carbons (Fsp3) is 0.750. The predicted molar refractivity (Wildman–Crippen MR) is 86.9 cm³/mol. The Balaban J connectivity index is 1.80. The normalized spacial score (nSPS) is 25.3. The molecule has 116 valence electrons. The molecular weight excluding hydrogens is 262 g/mol. The summed E-state index contributed by atoms with van der Waals surface area (Å²) in [6.45, 7) is 0. The van der Waals surface area contributed by atoms with Crippen molar-refractivity contribution in [3.8, 4) is 0 Å². The van der Waals surface area contributed by atoms with Gasteiger partial charge >= 0.3 is 0 Å². The van der Waals surface area contributed by atoms with Gasteiger partial charge in [0, 0.05) is 31.7 Å². The van der Waals surface area contributed by atoms with Gasteiger partial charge < -0.3 is 16.0 Å². The van der Waals surface area contributed by atoms with Crippen LogP contribution >= 0.6 is 0 Å². The van der Waals surface area contributed by atoms with Crippen molar-refractivity contribution in [1.29, 1.82) is 0 Å². The summed E-state index contributed by atoms with van der Waals surface area (Å²) < 4.78 is 0. The van der Waals surface area contributed by atoms with E-state index in [0.717, 1.165) is 50.3 Å². The molecule has 0 aliphatic heterocycles. The highest BCUT2D eigenvalue weighted by Gasteiger charge is 2.22. The van der Waals surface area contributed by atoms with Crippen LogP contribution in [0.5, 0.6) is 0 Å². The third-order valence-electron chi connectivity index (χ3n) is 4.69. The lowest BCUT2D eigenvalue weighted by molar-refractivity contribution is 0.409. The van der Waals surface area contributed by atoms with Gasteiger partial charge in [-0.1, -0.05) is 0 Å². The van der Waals surface area contributed by atoms with Gasteiger partial charge in [0.15, 0.2) is 0 Å². The number of anilines is 2. The molecule has 0 saturated heterocycles. The van der Waals surface area contributed by atoms with E-state index in [0.29, 0.717) is 12.1 Å². The fourth-order valence-electron chi connectivity index (χ4n) is 3.45. The molecule has 0 atom stereocenters. The maximum atomic E-state index is 5.98. The van der Waals surface area contributed by atoms with Gasteiger partial charge in [-0.15, -0.1) is 0 Å². The summed E-state index contributed by atoms with van der Waals surface area (Å²) in [5, 5.41) is 3.54. The van der Waals surface area contributed by atoms with Crippen LogP contribution in [-0.4, -0.2) is 36.1 Å². The highest BCUT2D eigenvalue weighted by Crippen LogP contribution is 2.29. The number of fused-ring (bicyclic) bond motifs is 1. The van der Waals surface area contributed by atoms with Crippen LogP contribution in [0.1, 0.15) is 49.8 Å². The summed E-state index contributed by atoms with van der Waals surface area (Å²) in [4.78, 5) is 11.7. The van der Waals surface area contributed by atoms with Crippen LogP contribution in [-0.2, 0) is 12.8 Å². The molecule has 0 unspecified atom stereocenters. The largest absolute Gasteiger partial charge is 0.362 e. The molecule has 1 heterocycles. The zero-order valence-corrected chi connectivity index (χ0v) is 13.2. The molecule has 0 amide bonds. The Bertz CT molecular complexity index is 492. The summed E-state index contributed by atoms with van der Waals surface area (Å²) in [6.07, 6.45) is 9.15. The first-order valence-electron chi connectivity index (χ1n) is 8.22. The summed E-state index contributed by atoms with van der Waals surface area (Å²) in [5.41, 5.74) is 8.57. The number of hydrogen-bond donors (Lipinski definition) is 2. The van der Waals surface area contributed by atoms with Gasteiger partial charge in [-0.2, -0.15) is 4.98 Å². The monoisotopic (exact) mass is 289 g/mol. The second-order valence-electron chi connectivity index (χ2n) is 6.65. The average molecular weight is 289 g/mol. The van der Waals surface area contributed by atoms with Crippen molar-refractivity contribution in [3.05, 3.63) is 11.3 Å². The quantitative estimate of drug-likeness (QED) is 0.892. The van der Waals surface area contributed by atoms with E-state index >= 15 is 0 Å². The Morgan fingerprint density at radius 1 is 1.05 bits per heavy atom. The third-order valence-corrected chi connectivity index (χ3v) is 4.69. The van der Waals surface area contributed by atoms with Gasteiger partial charge in [-0.3, -0.25) is 0 Å². The maximum absolute atomic E-state index is 5.98. The van der Waals surface area contributed by atoms with Crippen LogP contribution in [0.15, 0.2) is 0 Å². The van der Waals surface area contributed by atoms with Crippen molar-refractivity contribution < 1.29 is 0 Å². The lowest BCUT2D eigenvalue weighted by Gasteiger charge is -2.28. The molecule has 0 spiro atoms. The first-order valence-corrected chi connectivity index (χ1v) is 8.22. The summed E-state index contributed by atoms with van der Waals surface area (Å²) in [5.74, 6) is 1.90. The Morgan fingerprint density at radius 2 is 1.76 bits per heavy atom. The first kappa shape index (κ1) is 14.6. The Labute approximate surface area is 127 Å². The zero-order valence-electron chi connectivity index (χ0n) is 13.2. The van der Waals surface area contributed by atoms with E-state index in [-0.39, 0.29) is 0 Å². The van der Waals surface area contributed by atoms with E-state index in [1.54, 1.807) is 0 Å². The molecule has 2 aliphatic rings. The van der Waals surface area contributed by atoms with Crippen LogP contribution in [0.3, 0.4) is 0 Å². The van der Waals surface area contributed by atoms with Crippen molar-refractivity contribution >= 4 is 11.8 Å². The van der Waals surface area contributed by atoms with Gasteiger partial charge in [-0.25, -0.2) is 4.98 Å². The van der Waals surface area contributed by atoms with Crippen molar-refractivity contribution in [1.82, 2.24) is 9.97 Å². The number of aryl methyl sites for hydroxylation is 1. The SMILES string of the molecule is CN(C)c1nc(N[C@H]2CC[C@@H](N)CC2)nc2c1CCCC2. The van der Waals surface area contributed by atoms with Crippen molar-refractivity contribution in [3.63, 3.8) is 0 Å². The third kappa shape index (κ3) is 3.28. The minimum Gasteiger partial charge on any atom is -0.362 e. The van der Waals surface area contributed by atoms with Gasteiger partial charge in [0.2, 0.25) is 5.95 Å². The van der Waals surface area contributed by atoms with E-state index in [1.165, 1.54) is 24.1 Å².